The van der Waals surface area contributed by atoms with E-state index < -0.39 is 0 Å². The largest absolute Gasteiger partial charge is 0.272 e. The summed E-state index contributed by atoms with van der Waals surface area (Å²) in [6, 6.07) is 5.17. The van der Waals surface area contributed by atoms with Gasteiger partial charge in [0.25, 0.3) is 5.69 Å². The Bertz CT molecular complexity index is 345. The normalized spacial score (nSPS) is 10.6. The van der Waals surface area contributed by atoms with Gasteiger partial charge in [0.15, 0.2) is 0 Å². The van der Waals surface area contributed by atoms with Crippen molar-refractivity contribution in [3.05, 3.63) is 46.4 Å². The SMILES string of the molecule is [CH2]C(C)c1cccc([N+](=O)[O-])c1CC. The van der Waals surface area contributed by atoms with Crippen LogP contribution >= 0.6 is 0 Å². The minimum atomic E-state index is -0.329. The van der Waals surface area contributed by atoms with Crippen molar-refractivity contribution in [1.82, 2.24) is 0 Å². The van der Waals surface area contributed by atoms with E-state index in [0.717, 1.165) is 11.1 Å². The molecular weight excluding hydrogens is 178 g/mol. The predicted molar refractivity (Wildman–Crippen MR) is 56.2 cm³/mol. The highest BCUT2D eigenvalue weighted by atomic mass is 16.6. The van der Waals surface area contributed by atoms with Crippen LogP contribution in [0.4, 0.5) is 5.69 Å². The molecule has 0 aliphatic heterocycles. The third kappa shape index (κ3) is 1.92. The summed E-state index contributed by atoms with van der Waals surface area (Å²) in [6.45, 7) is 7.76. The number of rotatable bonds is 3. The van der Waals surface area contributed by atoms with Gasteiger partial charge in [-0.25, -0.2) is 0 Å². The van der Waals surface area contributed by atoms with Gasteiger partial charge in [-0.3, -0.25) is 10.1 Å². The summed E-state index contributed by atoms with van der Waals surface area (Å²) in [5.74, 6) is 0.0878. The topological polar surface area (TPSA) is 43.1 Å². The first-order valence-corrected chi connectivity index (χ1v) is 4.67. The molecule has 75 valence electrons. The van der Waals surface area contributed by atoms with Crippen LogP contribution in [0, 0.1) is 17.0 Å². The zero-order valence-electron chi connectivity index (χ0n) is 8.49. The van der Waals surface area contributed by atoms with Crippen molar-refractivity contribution in [2.24, 2.45) is 0 Å². The molecule has 0 N–H and O–H groups in total. The van der Waals surface area contributed by atoms with Crippen LogP contribution in [-0.2, 0) is 6.42 Å². The molecule has 1 aromatic carbocycles. The van der Waals surface area contributed by atoms with E-state index in [-0.39, 0.29) is 16.5 Å². The van der Waals surface area contributed by atoms with E-state index in [1.807, 2.05) is 19.9 Å². The summed E-state index contributed by atoms with van der Waals surface area (Å²) in [5, 5.41) is 10.7. The van der Waals surface area contributed by atoms with E-state index >= 15 is 0 Å². The molecular formula is C11H14NO2. The highest BCUT2D eigenvalue weighted by molar-refractivity contribution is 5.47. The van der Waals surface area contributed by atoms with Gasteiger partial charge in [0.05, 0.1) is 4.92 Å². The van der Waals surface area contributed by atoms with Crippen LogP contribution in [0.5, 0.6) is 0 Å². The number of nitrogens with zero attached hydrogens (tertiary/aromatic N) is 1. The highest BCUT2D eigenvalue weighted by Crippen LogP contribution is 2.27. The lowest BCUT2D eigenvalue weighted by Crippen LogP contribution is -2.00. The molecule has 0 amide bonds. The number of hydrogen-bond donors (Lipinski definition) is 0. The average Bonchev–Trinajstić information content (AvgIpc) is 2.16. The summed E-state index contributed by atoms with van der Waals surface area (Å²) >= 11 is 0. The second kappa shape index (κ2) is 4.22. The van der Waals surface area contributed by atoms with Gasteiger partial charge in [-0.1, -0.05) is 26.0 Å². The molecule has 1 radical (unpaired) electrons. The van der Waals surface area contributed by atoms with Crippen LogP contribution in [0.25, 0.3) is 0 Å². The highest BCUT2D eigenvalue weighted by Gasteiger charge is 2.16. The van der Waals surface area contributed by atoms with Crippen molar-refractivity contribution in [2.45, 2.75) is 26.2 Å². The van der Waals surface area contributed by atoms with Crippen LogP contribution < -0.4 is 0 Å². The second-order valence-electron chi connectivity index (χ2n) is 3.36. The molecule has 3 heteroatoms. The van der Waals surface area contributed by atoms with Gasteiger partial charge in [-0.15, -0.1) is 0 Å². The van der Waals surface area contributed by atoms with E-state index in [2.05, 4.69) is 6.92 Å². The van der Waals surface area contributed by atoms with E-state index in [4.69, 9.17) is 0 Å². The van der Waals surface area contributed by atoms with Crippen LogP contribution in [0.3, 0.4) is 0 Å². The van der Waals surface area contributed by atoms with E-state index in [1.54, 1.807) is 12.1 Å². The van der Waals surface area contributed by atoms with Gasteiger partial charge in [-0.2, -0.15) is 0 Å². The van der Waals surface area contributed by atoms with Crippen molar-refractivity contribution in [3.63, 3.8) is 0 Å². The minimum absolute atomic E-state index is 0.0878. The molecule has 0 aromatic heterocycles. The van der Waals surface area contributed by atoms with Crippen molar-refractivity contribution < 1.29 is 4.92 Å². The van der Waals surface area contributed by atoms with Crippen LogP contribution in [0.2, 0.25) is 0 Å². The van der Waals surface area contributed by atoms with Gasteiger partial charge < -0.3 is 0 Å². The van der Waals surface area contributed by atoms with Crippen LogP contribution in [0.1, 0.15) is 30.9 Å². The van der Waals surface area contributed by atoms with Gasteiger partial charge in [0.2, 0.25) is 0 Å². The van der Waals surface area contributed by atoms with Gasteiger partial charge >= 0.3 is 0 Å². The molecule has 0 saturated carbocycles. The van der Waals surface area contributed by atoms with Crippen molar-refractivity contribution in [1.29, 1.82) is 0 Å². The Balaban J connectivity index is 3.32. The molecule has 1 unspecified atom stereocenters. The van der Waals surface area contributed by atoms with Crippen molar-refractivity contribution in [3.8, 4) is 0 Å². The second-order valence-corrected chi connectivity index (χ2v) is 3.36. The van der Waals surface area contributed by atoms with Gasteiger partial charge in [-0.05, 0) is 24.8 Å². The fraction of sp³-hybridized carbons (Fsp3) is 0.364. The lowest BCUT2D eigenvalue weighted by molar-refractivity contribution is -0.385. The Morgan fingerprint density at radius 3 is 2.64 bits per heavy atom. The van der Waals surface area contributed by atoms with Crippen molar-refractivity contribution in [2.75, 3.05) is 0 Å². The number of benzene rings is 1. The molecule has 0 heterocycles. The Labute approximate surface area is 83.9 Å². The average molecular weight is 192 g/mol. The molecule has 1 rings (SSSR count). The first-order chi connectivity index (χ1) is 6.57. The Morgan fingerprint density at radius 1 is 1.57 bits per heavy atom. The minimum Gasteiger partial charge on any atom is -0.258 e. The summed E-state index contributed by atoms with van der Waals surface area (Å²) in [6.07, 6.45) is 0.673. The smallest absolute Gasteiger partial charge is 0.258 e. The van der Waals surface area contributed by atoms with E-state index in [9.17, 15) is 10.1 Å². The molecule has 0 spiro atoms. The number of nitro groups is 1. The monoisotopic (exact) mass is 192 g/mol. The summed E-state index contributed by atoms with van der Waals surface area (Å²) in [5.41, 5.74) is 1.99. The maximum atomic E-state index is 10.7. The Hall–Kier alpha value is -1.38. The fourth-order valence-corrected chi connectivity index (χ4v) is 1.61. The molecule has 1 aromatic rings. The molecule has 1 atom stereocenters. The Morgan fingerprint density at radius 2 is 2.21 bits per heavy atom. The Kier molecular flexibility index (Phi) is 3.23. The maximum Gasteiger partial charge on any atom is 0.272 e. The molecule has 0 fully saturated rings. The predicted octanol–water partition coefficient (Wildman–Crippen LogP) is 3.09. The molecule has 0 saturated heterocycles. The standard InChI is InChI=1S/C11H14NO2/c1-4-9-10(8(2)3)6-5-7-11(9)12(13)14/h5-8H,2,4H2,1,3H3. The lowest BCUT2D eigenvalue weighted by atomic mass is 9.94. The lowest BCUT2D eigenvalue weighted by Gasteiger charge is -2.10. The van der Waals surface area contributed by atoms with Crippen molar-refractivity contribution >= 4 is 5.69 Å². The number of hydrogen-bond acceptors (Lipinski definition) is 2. The zero-order chi connectivity index (χ0) is 10.7. The van der Waals surface area contributed by atoms with E-state index in [0.29, 0.717) is 6.42 Å². The first kappa shape index (κ1) is 10.7. The summed E-state index contributed by atoms with van der Waals surface area (Å²) in [4.78, 5) is 10.4. The fourth-order valence-electron chi connectivity index (χ4n) is 1.61. The quantitative estimate of drug-likeness (QED) is 0.545. The van der Waals surface area contributed by atoms with Crippen LogP contribution in [0.15, 0.2) is 18.2 Å². The molecule has 0 aliphatic rings. The number of nitro benzene ring substituents is 1. The third-order valence-corrected chi connectivity index (χ3v) is 2.27. The zero-order valence-corrected chi connectivity index (χ0v) is 8.49. The molecule has 0 aliphatic carbocycles. The molecule has 14 heavy (non-hydrogen) atoms. The van der Waals surface area contributed by atoms with E-state index in [1.165, 1.54) is 0 Å². The maximum absolute atomic E-state index is 10.7. The van der Waals surface area contributed by atoms with Crippen LogP contribution in [-0.4, -0.2) is 4.92 Å². The van der Waals surface area contributed by atoms with Gasteiger partial charge in [0, 0.05) is 11.6 Å². The summed E-state index contributed by atoms with van der Waals surface area (Å²) < 4.78 is 0. The third-order valence-electron chi connectivity index (χ3n) is 2.27. The van der Waals surface area contributed by atoms with Gasteiger partial charge in [0.1, 0.15) is 0 Å². The summed E-state index contributed by atoms with van der Waals surface area (Å²) in [7, 11) is 0. The molecule has 3 nitrogen and oxygen atoms in total. The molecule has 0 bridgehead atoms. The first-order valence-electron chi connectivity index (χ1n) is 4.67.